The first-order valence-electron chi connectivity index (χ1n) is 2.26. The minimum Gasteiger partial charge on any atom is -0.252 e. The topological polar surface area (TPSA) is 69.4 Å². The van der Waals surface area contributed by atoms with Crippen LogP contribution in [0.5, 0.6) is 0 Å². The molecule has 10 heavy (non-hydrogen) atoms. The van der Waals surface area contributed by atoms with E-state index < -0.39 is 22.8 Å². The maximum atomic E-state index is 11.8. The first kappa shape index (κ1) is 9.73. The van der Waals surface area contributed by atoms with Crippen molar-refractivity contribution in [2.24, 2.45) is 5.14 Å². The van der Waals surface area contributed by atoms with Crippen LogP contribution in [0.2, 0.25) is 0 Å². The van der Waals surface area contributed by atoms with Crippen molar-refractivity contribution >= 4 is 10.3 Å². The number of halogens is 2. The van der Waals surface area contributed by atoms with Crippen molar-refractivity contribution < 1.29 is 21.4 Å². The van der Waals surface area contributed by atoms with Crippen molar-refractivity contribution in [3.8, 4) is 0 Å². The van der Waals surface area contributed by atoms with Gasteiger partial charge in [-0.1, -0.05) is 0 Å². The molecule has 0 atom stereocenters. The van der Waals surface area contributed by atoms with Crippen molar-refractivity contribution in [3.05, 3.63) is 0 Å². The molecule has 0 saturated heterocycles. The van der Waals surface area contributed by atoms with Gasteiger partial charge in [0.2, 0.25) is 0 Å². The summed E-state index contributed by atoms with van der Waals surface area (Å²) in [6, 6.07) is 0. The summed E-state index contributed by atoms with van der Waals surface area (Å²) < 4.78 is 47.0. The Morgan fingerprint density at radius 1 is 1.60 bits per heavy atom. The maximum Gasteiger partial charge on any atom is 0.333 e. The van der Waals surface area contributed by atoms with E-state index in [1.54, 1.807) is 0 Å². The number of nitrogens with two attached hydrogens (primary N) is 1. The molecular weight excluding hydrogens is 168 g/mol. The van der Waals surface area contributed by atoms with Crippen molar-refractivity contribution in [1.29, 1.82) is 0 Å². The number of rotatable bonds is 3. The highest BCUT2D eigenvalue weighted by Gasteiger charge is 2.23. The fraction of sp³-hybridized carbons (Fsp3) is 1.00. The Morgan fingerprint density at radius 3 is 2.10 bits per heavy atom. The molecule has 0 aliphatic rings. The van der Waals surface area contributed by atoms with Crippen molar-refractivity contribution in [1.82, 2.24) is 0 Å². The Hall–Kier alpha value is -0.270. The van der Waals surface area contributed by atoms with E-state index in [0.29, 0.717) is 6.92 Å². The van der Waals surface area contributed by atoms with Gasteiger partial charge in [-0.05, 0) is 0 Å². The Bertz CT molecular complexity index is 194. The Morgan fingerprint density at radius 2 is 2.00 bits per heavy atom. The fourth-order valence-electron chi connectivity index (χ4n) is 0.186. The van der Waals surface area contributed by atoms with E-state index in [4.69, 9.17) is 0 Å². The molecule has 7 heteroatoms. The predicted octanol–water partition coefficient (Wildman–Crippen LogP) is -0.138. The van der Waals surface area contributed by atoms with Crippen LogP contribution >= 0.6 is 0 Å². The molecule has 0 aromatic rings. The van der Waals surface area contributed by atoms with Gasteiger partial charge in [-0.15, -0.1) is 0 Å². The molecule has 0 saturated carbocycles. The molecule has 4 nitrogen and oxygen atoms in total. The molecule has 0 aromatic carbocycles. The molecule has 0 bridgehead atoms. The minimum absolute atomic E-state index is 0.526. The molecule has 0 aromatic heterocycles. The molecule has 0 aliphatic carbocycles. The van der Waals surface area contributed by atoms with Crippen molar-refractivity contribution in [2.45, 2.75) is 12.8 Å². The monoisotopic (exact) mass is 175 g/mol. The quantitative estimate of drug-likeness (QED) is 0.649. The summed E-state index contributed by atoms with van der Waals surface area (Å²) in [5.41, 5.74) is 0. The molecule has 0 rings (SSSR count). The number of alkyl halides is 2. The van der Waals surface area contributed by atoms with Gasteiger partial charge in [0.25, 0.3) is 5.92 Å². The van der Waals surface area contributed by atoms with E-state index in [9.17, 15) is 17.2 Å². The maximum absolute atomic E-state index is 11.8. The highest BCUT2D eigenvalue weighted by Crippen LogP contribution is 2.11. The van der Waals surface area contributed by atoms with Crippen LogP contribution < -0.4 is 5.14 Å². The normalized spacial score (nSPS) is 13.6. The second kappa shape index (κ2) is 2.77. The van der Waals surface area contributed by atoms with Gasteiger partial charge in [0.05, 0.1) is 0 Å². The third-order valence-corrected chi connectivity index (χ3v) is 0.923. The lowest BCUT2D eigenvalue weighted by Gasteiger charge is -2.07. The summed E-state index contributed by atoms with van der Waals surface area (Å²) in [5.74, 6) is -3.17. The van der Waals surface area contributed by atoms with Crippen molar-refractivity contribution in [2.75, 3.05) is 6.61 Å². The summed E-state index contributed by atoms with van der Waals surface area (Å²) in [4.78, 5) is 0. The van der Waals surface area contributed by atoms with Gasteiger partial charge >= 0.3 is 10.3 Å². The van der Waals surface area contributed by atoms with Gasteiger partial charge < -0.3 is 0 Å². The van der Waals surface area contributed by atoms with Crippen LogP contribution in [0, 0.1) is 0 Å². The van der Waals surface area contributed by atoms with Crippen LogP contribution in [0.1, 0.15) is 6.92 Å². The van der Waals surface area contributed by atoms with Crippen molar-refractivity contribution in [3.63, 3.8) is 0 Å². The van der Waals surface area contributed by atoms with Gasteiger partial charge in [-0.2, -0.15) is 8.42 Å². The SMILES string of the molecule is CC(F)(F)COS(N)(=O)=O. The van der Waals surface area contributed by atoms with Gasteiger partial charge in [0.1, 0.15) is 6.61 Å². The summed E-state index contributed by atoms with van der Waals surface area (Å²) >= 11 is 0. The zero-order chi connectivity index (χ0) is 8.41. The summed E-state index contributed by atoms with van der Waals surface area (Å²) in [7, 11) is -4.24. The molecule has 0 fully saturated rings. The lowest BCUT2D eigenvalue weighted by atomic mass is 10.4. The van der Waals surface area contributed by atoms with Gasteiger partial charge in [-0.25, -0.2) is 13.9 Å². The zero-order valence-electron chi connectivity index (χ0n) is 5.17. The van der Waals surface area contributed by atoms with E-state index in [1.165, 1.54) is 0 Å². The fourth-order valence-corrected chi connectivity index (χ4v) is 0.557. The lowest BCUT2D eigenvalue weighted by molar-refractivity contribution is -0.0211. The smallest absolute Gasteiger partial charge is 0.252 e. The van der Waals surface area contributed by atoms with Crippen LogP contribution in [0.15, 0.2) is 0 Å². The van der Waals surface area contributed by atoms with Gasteiger partial charge in [0.15, 0.2) is 0 Å². The van der Waals surface area contributed by atoms with E-state index in [1.807, 2.05) is 0 Å². The molecule has 62 valence electrons. The average Bonchev–Trinajstić information content (AvgIpc) is 1.57. The zero-order valence-corrected chi connectivity index (χ0v) is 5.99. The summed E-state index contributed by atoms with van der Waals surface area (Å²) in [6.45, 7) is -0.690. The molecule has 0 radical (unpaired) electrons. The van der Waals surface area contributed by atoms with E-state index >= 15 is 0 Å². The average molecular weight is 175 g/mol. The van der Waals surface area contributed by atoms with Crippen LogP contribution in [0.25, 0.3) is 0 Å². The van der Waals surface area contributed by atoms with Crippen LogP contribution in [0.3, 0.4) is 0 Å². The third kappa shape index (κ3) is 7.73. The first-order valence-corrected chi connectivity index (χ1v) is 3.73. The van der Waals surface area contributed by atoms with E-state index in [0.717, 1.165) is 0 Å². The van der Waals surface area contributed by atoms with Crippen LogP contribution in [-0.4, -0.2) is 20.9 Å². The molecule has 0 spiro atoms. The standard InChI is InChI=1S/C3H7F2NO3S/c1-3(4,5)2-9-10(6,7)8/h2H2,1H3,(H2,6,7,8). The van der Waals surface area contributed by atoms with Gasteiger partial charge in [-0.3, -0.25) is 4.18 Å². The van der Waals surface area contributed by atoms with E-state index in [2.05, 4.69) is 9.32 Å². The predicted molar refractivity (Wildman–Crippen MR) is 29.7 cm³/mol. The largest absolute Gasteiger partial charge is 0.333 e. The third-order valence-electron chi connectivity index (χ3n) is 0.477. The highest BCUT2D eigenvalue weighted by atomic mass is 32.2. The van der Waals surface area contributed by atoms with E-state index in [-0.39, 0.29) is 0 Å². The Balaban J connectivity index is 3.79. The van der Waals surface area contributed by atoms with Crippen LogP contribution in [-0.2, 0) is 14.5 Å². The molecule has 0 amide bonds. The lowest BCUT2D eigenvalue weighted by Crippen LogP contribution is -2.25. The summed E-state index contributed by atoms with van der Waals surface area (Å²) in [5, 5.41) is 4.26. The second-order valence-electron chi connectivity index (χ2n) is 1.83. The second-order valence-corrected chi connectivity index (χ2v) is 3.05. The Labute approximate surface area is 57.2 Å². The molecular formula is C3H7F2NO3S. The molecule has 0 aliphatic heterocycles. The van der Waals surface area contributed by atoms with Crippen LogP contribution in [0.4, 0.5) is 8.78 Å². The number of hydrogen-bond donors (Lipinski definition) is 1. The number of hydrogen-bond acceptors (Lipinski definition) is 3. The first-order chi connectivity index (χ1) is 4.21. The highest BCUT2D eigenvalue weighted by molar-refractivity contribution is 7.84. The Kier molecular flexibility index (Phi) is 2.69. The minimum atomic E-state index is -4.24. The summed E-state index contributed by atoms with van der Waals surface area (Å²) in [6.07, 6.45) is 0. The van der Waals surface area contributed by atoms with Gasteiger partial charge in [0, 0.05) is 6.92 Å². The molecule has 0 heterocycles. The molecule has 0 unspecified atom stereocenters. The molecule has 2 N–H and O–H groups in total.